The Bertz CT molecular complexity index is 495. The molecule has 1 saturated carbocycles. The van der Waals surface area contributed by atoms with Crippen molar-refractivity contribution in [2.45, 2.75) is 32.4 Å². The van der Waals surface area contributed by atoms with E-state index in [0.29, 0.717) is 19.1 Å². The second-order valence-electron chi connectivity index (χ2n) is 4.86. The van der Waals surface area contributed by atoms with Gasteiger partial charge in [0.15, 0.2) is 0 Å². The Hall–Kier alpha value is -0.910. The SMILES string of the molecule is Cc1cccc(CNS(=O)(=O)CCNC2CC2)c1. The van der Waals surface area contributed by atoms with Crippen LogP contribution in [-0.2, 0) is 16.6 Å². The normalized spacial score (nSPS) is 15.8. The minimum absolute atomic E-state index is 0.148. The lowest BCUT2D eigenvalue weighted by Crippen LogP contribution is -2.32. The molecule has 1 fully saturated rings. The van der Waals surface area contributed by atoms with Gasteiger partial charge < -0.3 is 5.32 Å². The standard InChI is InChI=1S/C13H20N2O2S/c1-11-3-2-4-12(9-11)10-15-18(16,17)8-7-14-13-5-6-13/h2-4,9,13-15H,5-8,10H2,1H3. The summed E-state index contributed by atoms with van der Waals surface area (Å²) in [5.74, 6) is 0.148. The Labute approximate surface area is 109 Å². The molecule has 0 heterocycles. The molecule has 0 radical (unpaired) electrons. The minimum Gasteiger partial charge on any atom is -0.313 e. The van der Waals surface area contributed by atoms with Crippen LogP contribution in [-0.4, -0.2) is 26.8 Å². The highest BCUT2D eigenvalue weighted by atomic mass is 32.2. The van der Waals surface area contributed by atoms with Crippen molar-refractivity contribution in [1.29, 1.82) is 0 Å². The summed E-state index contributed by atoms with van der Waals surface area (Å²) >= 11 is 0. The van der Waals surface area contributed by atoms with Crippen LogP contribution in [0.5, 0.6) is 0 Å². The number of hydrogen-bond acceptors (Lipinski definition) is 3. The van der Waals surface area contributed by atoms with Gasteiger partial charge in [0, 0.05) is 19.1 Å². The number of rotatable bonds is 7. The molecule has 4 nitrogen and oxygen atoms in total. The lowest BCUT2D eigenvalue weighted by atomic mass is 10.1. The molecule has 0 unspecified atom stereocenters. The fraction of sp³-hybridized carbons (Fsp3) is 0.538. The van der Waals surface area contributed by atoms with Gasteiger partial charge in [0.25, 0.3) is 0 Å². The largest absolute Gasteiger partial charge is 0.313 e. The molecule has 0 spiro atoms. The summed E-state index contributed by atoms with van der Waals surface area (Å²) in [7, 11) is -3.17. The third kappa shape index (κ3) is 4.76. The summed E-state index contributed by atoms with van der Waals surface area (Å²) < 4.78 is 26.1. The second kappa shape index (κ2) is 5.82. The van der Waals surface area contributed by atoms with Crippen LogP contribution in [0.25, 0.3) is 0 Å². The monoisotopic (exact) mass is 268 g/mol. The van der Waals surface area contributed by atoms with Gasteiger partial charge in [-0.15, -0.1) is 0 Å². The molecule has 0 aliphatic heterocycles. The topological polar surface area (TPSA) is 58.2 Å². The van der Waals surface area contributed by atoms with Gasteiger partial charge in [-0.2, -0.15) is 0 Å². The van der Waals surface area contributed by atoms with Gasteiger partial charge in [0.05, 0.1) is 5.75 Å². The van der Waals surface area contributed by atoms with E-state index < -0.39 is 10.0 Å². The van der Waals surface area contributed by atoms with Crippen molar-refractivity contribution in [1.82, 2.24) is 10.0 Å². The Kier molecular flexibility index (Phi) is 4.37. The first-order chi connectivity index (χ1) is 8.55. The van der Waals surface area contributed by atoms with Crippen LogP contribution in [0.3, 0.4) is 0 Å². The van der Waals surface area contributed by atoms with Gasteiger partial charge in [0.1, 0.15) is 0 Å². The zero-order valence-corrected chi connectivity index (χ0v) is 11.5. The van der Waals surface area contributed by atoms with Crippen LogP contribution in [0.1, 0.15) is 24.0 Å². The van der Waals surface area contributed by atoms with Crippen LogP contribution < -0.4 is 10.0 Å². The van der Waals surface area contributed by atoms with Crippen molar-refractivity contribution in [3.63, 3.8) is 0 Å². The highest BCUT2D eigenvalue weighted by Crippen LogP contribution is 2.18. The Morgan fingerprint density at radius 3 is 2.78 bits per heavy atom. The van der Waals surface area contributed by atoms with Gasteiger partial charge in [-0.25, -0.2) is 13.1 Å². The summed E-state index contributed by atoms with van der Waals surface area (Å²) in [6.07, 6.45) is 2.35. The molecule has 2 N–H and O–H groups in total. The Morgan fingerprint density at radius 2 is 2.11 bits per heavy atom. The summed E-state index contributed by atoms with van der Waals surface area (Å²) in [6.45, 7) is 2.90. The summed E-state index contributed by atoms with van der Waals surface area (Å²) in [5, 5.41) is 3.20. The first-order valence-electron chi connectivity index (χ1n) is 6.31. The molecule has 0 aromatic heterocycles. The molecule has 0 saturated heterocycles. The van der Waals surface area contributed by atoms with Crippen molar-refractivity contribution >= 4 is 10.0 Å². The van der Waals surface area contributed by atoms with Crippen LogP contribution in [0.15, 0.2) is 24.3 Å². The van der Waals surface area contributed by atoms with E-state index in [0.717, 1.165) is 11.1 Å². The van der Waals surface area contributed by atoms with Gasteiger partial charge in [0.2, 0.25) is 10.0 Å². The van der Waals surface area contributed by atoms with E-state index in [1.807, 2.05) is 31.2 Å². The van der Waals surface area contributed by atoms with E-state index in [1.165, 1.54) is 12.8 Å². The summed E-state index contributed by atoms with van der Waals surface area (Å²) in [6, 6.07) is 8.41. The fourth-order valence-corrected chi connectivity index (χ4v) is 2.69. The minimum atomic E-state index is -3.17. The number of benzene rings is 1. The highest BCUT2D eigenvalue weighted by Gasteiger charge is 2.21. The van der Waals surface area contributed by atoms with Crippen molar-refractivity contribution in [2.75, 3.05) is 12.3 Å². The predicted octanol–water partition coefficient (Wildman–Crippen LogP) is 1.17. The maximum absolute atomic E-state index is 11.7. The lowest BCUT2D eigenvalue weighted by Gasteiger charge is -2.08. The molecule has 1 aliphatic carbocycles. The average Bonchev–Trinajstić information content (AvgIpc) is 3.11. The molecular formula is C13H20N2O2S. The molecule has 2 rings (SSSR count). The predicted molar refractivity (Wildman–Crippen MR) is 72.8 cm³/mol. The van der Waals surface area contributed by atoms with Crippen LogP contribution in [0, 0.1) is 6.92 Å². The molecular weight excluding hydrogens is 248 g/mol. The van der Waals surface area contributed by atoms with E-state index >= 15 is 0 Å². The Balaban J connectivity index is 1.76. The van der Waals surface area contributed by atoms with Crippen LogP contribution >= 0.6 is 0 Å². The quantitative estimate of drug-likeness (QED) is 0.780. The first-order valence-corrected chi connectivity index (χ1v) is 7.97. The third-order valence-electron chi connectivity index (χ3n) is 2.96. The first kappa shape index (κ1) is 13.5. The van der Waals surface area contributed by atoms with E-state index in [1.54, 1.807) is 0 Å². The smallest absolute Gasteiger partial charge is 0.213 e. The second-order valence-corrected chi connectivity index (χ2v) is 6.78. The molecule has 1 aromatic carbocycles. The van der Waals surface area contributed by atoms with Gasteiger partial charge in [-0.1, -0.05) is 29.8 Å². The van der Waals surface area contributed by atoms with Gasteiger partial charge >= 0.3 is 0 Å². The average molecular weight is 268 g/mol. The maximum atomic E-state index is 11.7. The molecule has 1 aromatic rings. The molecule has 100 valence electrons. The highest BCUT2D eigenvalue weighted by molar-refractivity contribution is 7.89. The van der Waals surface area contributed by atoms with Crippen molar-refractivity contribution in [2.24, 2.45) is 0 Å². The molecule has 0 atom stereocenters. The van der Waals surface area contributed by atoms with Crippen LogP contribution in [0.2, 0.25) is 0 Å². The van der Waals surface area contributed by atoms with Gasteiger partial charge in [-0.3, -0.25) is 0 Å². The maximum Gasteiger partial charge on any atom is 0.213 e. The molecule has 0 bridgehead atoms. The van der Waals surface area contributed by atoms with Crippen molar-refractivity contribution < 1.29 is 8.42 Å². The van der Waals surface area contributed by atoms with Gasteiger partial charge in [-0.05, 0) is 25.3 Å². The van der Waals surface area contributed by atoms with Crippen molar-refractivity contribution in [3.8, 4) is 0 Å². The number of hydrogen-bond donors (Lipinski definition) is 2. The van der Waals surface area contributed by atoms with E-state index in [-0.39, 0.29) is 5.75 Å². The molecule has 0 amide bonds. The fourth-order valence-electron chi connectivity index (χ4n) is 1.77. The molecule has 5 heteroatoms. The van der Waals surface area contributed by atoms with E-state index in [4.69, 9.17) is 0 Å². The molecule has 18 heavy (non-hydrogen) atoms. The van der Waals surface area contributed by atoms with Crippen molar-refractivity contribution in [3.05, 3.63) is 35.4 Å². The Morgan fingerprint density at radius 1 is 1.33 bits per heavy atom. The third-order valence-corrected chi connectivity index (χ3v) is 4.29. The van der Waals surface area contributed by atoms with E-state index in [2.05, 4.69) is 10.0 Å². The number of sulfonamides is 1. The molecule has 1 aliphatic rings. The number of aryl methyl sites for hydroxylation is 1. The number of nitrogens with one attached hydrogen (secondary N) is 2. The summed E-state index contributed by atoms with van der Waals surface area (Å²) in [4.78, 5) is 0. The van der Waals surface area contributed by atoms with Crippen LogP contribution in [0.4, 0.5) is 0 Å². The zero-order valence-electron chi connectivity index (χ0n) is 10.6. The summed E-state index contributed by atoms with van der Waals surface area (Å²) in [5.41, 5.74) is 2.14. The lowest BCUT2D eigenvalue weighted by molar-refractivity contribution is 0.576. The van der Waals surface area contributed by atoms with E-state index in [9.17, 15) is 8.42 Å². The zero-order chi connectivity index (χ0) is 13.0.